The molecule has 1 atom stereocenters. The fourth-order valence-corrected chi connectivity index (χ4v) is 5.15. The molecule has 0 radical (unpaired) electrons. The summed E-state index contributed by atoms with van der Waals surface area (Å²) < 4.78 is 5.92. The van der Waals surface area contributed by atoms with Gasteiger partial charge in [0.2, 0.25) is 5.91 Å². The maximum Gasteiger partial charge on any atom is 0.223 e. The molecule has 1 heterocycles. The van der Waals surface area contributed by atoms with Gasteiger partial charge in [0.15, 0.2) is 0 Å². The molecule has 1 aromatic carbocycles. The summed E-state index contributed by atoms with van der Waals surface area (Å²) in [6, 6.07) is 10.0. The van der Waals surface area contributed by atoms with Crippen molar-refractivity contribution in [2.45, 2.75) is 51.4 Å². The highest BCUT2D eigenvalue weighted by molar-refractivity contribution is 5.77. The average Bonchev–Trinajstić information content (AvgIpc) is 3.21. The number of ether oxygens (including phenoxy) is 1. The Morgan fingerprint density at radius 3 is 2.67 bits per heavy atom. The van der Waals surface area contributed by atoms with E-state index in [2.05, 4.69) is 4.90 Å². The quantitative estimate of drug-likeness (QED) is 0.808. The Bertz CT molecular complexity index is 562. The number of rotatable bonds is 5. The monoisotopic (exact) mass is 327 g/mol. The van der Waals surface area contributed by atoms with Gasteiger partial charge in [-0.15, -0.1) is 0 Å². The van der Waals surface area contributed by atoms with Gasteiger partial charge in [0, 0.05) is 25.4 Å². The third-order valence-electron chi connectivity index (χ3n) is 6.51. The maximum absolute atomic E-state index is 12.8. The summed E-state index contributed by atoms with van der Waals surface area (Å²) in [5.41, 5.74) is 0.370. The van der Waals surface area contributed by atoms with Crippen molar-refractivity contribution in [1.29, 1.82) is 0 Å². The molecule has 1 aromatic rings. The Balaban J connectivity index is 1.29. The molecular formula is C21H29NO2. The molecule has 3 heteroatoms. The van der Waals surface area contributed by atoms with Crippen LogP contribution >= 0.6 is 0 Å². The number of fused-ring (bicyclic) bond motifs is 2. The second kappa shape index (κ2) is 6.78. The lowest BCUT2D eigenvalue weighted by atomic mass is 9.80. The van der Waals surface area contributed by atoms with Crippen molar-refractivity contribution in [2.24, 2.45) is 17.3 Å². The minimum absolute atomic E-state index is 0.370. The third kappa shape index (κ3) is 3.45. The van der Waals surface area contributed by atoms with E-state index in [9.17, 15) is 4.79 Å². The zero-order valence-electron chi connectivity index (χ0n) is 14.6. The van der Waals surface area contributed by atoms with Crippen molar-refractivity contribution < 1.29 is 9.53 Å². The molecule has 1 unspecified atom stereocenters. The molecule has 2 saturated carbocycles. The molecule has 4 rings (SSSR count). The molecule has 1 saturated heterocycles. The lowest BCUT2D eigenvalue weighted by molar-refractivity contribution is -0.135. The molecule has 3 nitrogen and oxygen atoms in total. The minimum atomic E-state index is 0.370. The molecule has 24 heavy (non-hydrogen) atoms. The first-order chi connectivity index (χ1) is 11.7. The van der Waals surface area contributed by atoms with Crippen LogP contribution < -0.4 is 4.74 Å². The number of amides is 1. The number of carbonyl (C=O) groups excluding carboxylic acids is 1. The highest BCUT2D eigenvalue weighted by atomic mass is 16.5. The molecule has 1 aliphatic heterocycles. The van der Waals surface area contributed by atoms with E-state index in [0.717, 1.165) is 44.2 Å². The van der Waals surface area contributed by atoms with Gasteiger partial charge in [0.05, 0.1) is 6.61 Å². The molecule has 3 fully saturated rings. The van der Waals surface area contributed by atoms with Crippen LogP contribution in [0.3, 0.4) is 0 Å². The summed E-state index contributed by atoms with van der Waals surface area (Å²) in [7, 11) is 0. The number of carbonyl (C=O) groups is 1. The van der Waals surface area contributed by atoms with Crippen molar-refractivity contribution in [3.8, 4) is 5.75 Å². The van der Waals surface area contributed by atoms with Crippen LogP contribution in [-0.4, -0.2) is 30.5 Å². The molecule has 3 aliphatic rings. The molecule has 0 spiro atoms. The lowest BCUT2D eigenvalue weighted by Gasteiger charge is -2.35. The number of nitrogens with zero attached hydrogens (tertiary/aromatic N) is 1. The lowest BCUT2D eigenvalue weighted by Crippen LogP contribution is -2.43. The van der Waals surface area contributed by atoms with Crippen LogP contribution in [0, 0.1) is 17.3 Å². The van der Waals surface area contributed by atoms with E-state index >= 15 is 0 Å². The van der Waals surface area contributed by atoms with Crippen LogP contribution in [0.15, 0.2) is 30.3 Å². The van der Waals surface area contributed by atoms with Gasteiger partial charge >= 0.3 is 0 Å². The zero-order valence-corrected chi connectivity index (χ0v) is 14.6. The van der Waals surface area contributed by atoms with Crippen LogP contribution in [-0.2, 0) is 4.79 Å². The van der Waals surface area contributed by atoms with E-state index in [1.807, 2.05) is 30.3 Å². The van der Waals surface area contributed by atoms with Crippen LogP contribution in [0.2, 0.25) is 0 Å². The van der Waals surface area contributed by atoms with Crippen molar-refractivity contribution in [1.82, 2.24) is 4.90 Å². The third-order valence-corrected chi connectivity index (χ3v) is 6.51. The fraction of sp³-hybridized carbons (Fsp3) is 0.667. The summed E-state index contributed by atoms with van der Waals surface area (Å²) in [6.45, 7) is 2.55. The highest BCUT2D eigenvalue weighted by Crippen LogP contribution is 2.56. The Morgan fingerprint density at radius 1 is 1.17 bits per heavy atom. The average molecular weight is 327 g/mol. The second-order valence-corrected chi connectivity index (χ2v) is 8.30. The van der Waals surface area contributed by atoms with Crippen molar-refractivity contribution in [2.75, 3.05) is 19.7 Å². The molecule has 1 amide bonds. The van der Waals surface area contributed by atoms with Crippen molar-refractivity contribution >= 4 is 5.91 Å². The normalized spacial score (nSPS) is 32.1. The van der Waals surface area contributed by atoms with E-state index in [-0.39, 0.29) is 0 Å². The Kier molecular flexibility index (Phi) is 4.51. The number of hydrogen-bond donors (Lipinski definition) is 0. The first-order valence-corrected chi connectivity index (χ1v) is 9.68. The molecular weight excluding hydrogens is 298 g/mol. The SMILES string of the molecule is O=C(CC12CCC(CC1)C2)N1CCCC(COc2ccccc2)C1. The van der Waals surface area contributed by atoms with Crippen LogP contribution in [0.1, 0.15) is 51.4 Å². The standard InChI is InChI=1S/C21H29NO2/c23-20(14-21-10-8-17(13-21)9-11-21)22-12-4-5-18(15-22)16-24-19-6-2-1-3-7-19/h1-3,6-7,17-18H,4-5,8-16H2. The van der Waals surface area contributed by atoms with Gasteiger partial charge in [0.25, 0.3) is 0 Å². The van der Waals surface area contributed by atoms with E-state index in [4.69, 9.17) is 4.74 Å². The smallest absolute Gasteiger partial charge is 0.223 e. The van der Waals surface area contributed by atoms with Crippen molar-refractivity contribution in [3.05, 3.63) is 30.3 Å². The zero-order chi connectivity index (χ0) is 16.4. The Morgan fingerprint density at radius 2 is 1.96 bits per heavy atom. The predicted molar refractivity (Wildman–Crippen MR) is 94.9 cm³/mol. The number of hydrogen-bond acceptors (Lipinski definition) is 2. The number of likely N-dealkylation sites (tertiary alicyclic amines) is 1. The second-order valence-electron chi connectivity index (χ2n) is 8.30. The van der Waals surface area contributed by atoms with E-state index in [1.165, 1.54) is 38.5 Å². The maximum atomic E-state index is 12.8. The van der Waals surface area contributed by atoms with E-state index in [0.29, 0.717) is 17.2 Å². The van der Waals surface area contributed by atoms with Gasteiger partial charge in [-0.25, -0.2) is 0 Å². The molecule has 2 aliphatic carbocycles. The van der Waals surface area contributed by atoms with E-state index in [1.54, 1.807) is 0 Å². The first-order valence-electron chi connectivity index (χ1n) is 9.68. The van der Waals surface area contributed by atoms with Crippen LogP contribution in [0.25, 0.3) is 0 Å². The van der Waals surface area contributed by atoms with Gasteiger partial charge in [-0.05, 0) is 68.4 Å². The largest absolute Gasteiger partial charge is 0.493 e. The van der Waals surface area contributed by atoms with Gasteiger partial charge in [-0.1, -0.05) is 18.2 Å². The molecule has 0 aromatic heterocycles. The fourth-order valence-electron chi connectivity index (χ4n) is 5.15. The summed E-state index contributed by atoms with van der Waals surface area (Å²) in [4.78, 5) is 15.0. The molecule has 2 bridgehead atoms. The summed E-state index contributed by atoms with van der Waals surface area (Å²) in [5, 5.41) is 0. The first kappa shape index (κ1) is 16.0. The Labute approximate surface area is 145 Å². The minimum Gasteiger partial charge on any atom is -0.493 e. The predicted octanol–water partition coefficient (Wildman–Crippen LogP) is 4.27. The highest BCUT2D eigenvalue weighted by Gasteiger charge is 2.46. The van der Waals surface area contributed by atoms with Gasteiger partial charge in [-0.2, -0.15) is 0 Å². The molecule has 0 N–H and O–H groups in total. The van der Waals surface area contributed by atoms with Gasteiger partial charge in [-0.3, -0.25) is 4.79 Å². The number of para-hydroxylation sites is 1. The molecule has 130 valence electrons. The summed E-state index contributed by atoms with van der Waals surface area (Å²) in [5.74, 6) is 2.73. The number of benzene rings is 1. The van der Waals surface area contributed by atoms with Crippen molar-refractivity contribution in [3.63, 3.8) is 0 Å². The summed E-state index contributed by atoms with van der Waals surface area (Å²) in [6.07, 6.45) is 9.70. The topological polar surface area (TPSA) is 29.5 Å². The number of piperidine rings is 1. The van der Waals surface area contributed by atoms with Gasteiger partial charge in [0.1, 0.15) is 5.75 Å². The van der Waals surface area contributed by atoms with Gasteiger partial charge < -0.3 is 9.64 Å². The summed E-state index contributed by atoms with van der Waals surface area (Å²) >= 11 is 0. The van der Waals surface area contributed by atoms with Crippen LogP contribution in [0.4, 0.5) is 0 Å². The Hall–Kier alpha value is -1.51. The van der Waals surface area contributed by atoms with Crippen LogP contribution in [0.5, 0.6) is 5.75 Å². The van der Waals surface area contributed by atoms with E-state index < -0.39 is 0 Å².